The summed E-state index contributed by atoms with van der Waals surface area (Å²) in [5.74, 6) is -1.80. The fourth-order valence-corrected chi connectivity index (χ4v) is 1.31. The molecule has 1 rings (SSSR count). The monoisotopic (exact) mass is 284 g/mol. The molecule has 1 unspecified atom stereocenters. The zero-order chi connectivity index (χ0) is 13.9. The first-order valence-corrected chi connectivity index (χ1v) is 5.00. The molecule has 8 heteroatoms. The van der Waals surface area contributed by atoms with Crippen LogP contribution in [0, 0.1) is 0 Å². The lowest BCUT2D eigenvalue weighted by Crippen LogP contribution is -2.34. The van der Waals surface area contributed by atoms with Crippen molar-refractivity contribution in [3.63, 3.8) is 0 Å². The Kier molecular flexibility index (Phi) is 4.42. The van der Waals surface area contributed by atoms with Gasteiger partial charge in [0.1, 0.15) is 12.2 Å². The van der Waals surface area contributed by atoms with Crippen molar-refractivity contribution in [3.05, 3.63) is 28.8 Å². The third kappa shape index (κ3) is 3.51. The molecule has 1 aromatic carbocycles. The van der Waals surface area contributed by atoms with Crippen LogP contribution in [0.15, 0.2) is 18.2 Å². The number of aliphatic hydroxyl groups excluding tert-OH is 1. The molecule has 0 radical (unpaired) electrons. The van der Waals surface area contributed by atoms with Crippen molar-refractivity contribution in [3.8, 4) is 5.75 Å². The molecule has 0 saturated heterocycles. The van der Waals surface area contributed by atoms with E-state index in [2.05, 4.69) is 4.74 Å². The smallest absolute Gasteiger partial charge is 0.417 e. The molecular weight excluding hydrogens is 277 g/mol. The summed E-state index contributed by atoms with van der Waals surface area (Å²) < 4.78 is 40.7. The zero-order valence-corrected chi connectivity index (χ0v) is 9.50. The molecule has 0 spiro atoms. The van der Waals surface area contributed by atoms with Gasteiger partial charge in [-0.25, -0.2) is 4.79 Å². The molecule has 1 aromatic rings. The number of halogens is 4. The quantitative estimate of drug-likeness (QED) is 0.890. The molecule has 0 aromatic heterocycles. The van der Waals surface area contributed by atoms with Crippen LogP contribution < -0.4 is 4.74 Å². The van der Waals surface area contributed by atoms with Crippen LogP contribution in [0.25, 0.3) is 0 Å². The molecule has 0 heterocycles. The normalized spacial score (nSPS) is 13.2. The average molecular weight is 285 g/mol. The molecule has 0 amide bonds. The summed E-state index contributed by atoms with van der Waals surface area (Å²) in [4.78, 5) is 10.8. The highest BCUT2D eigenvalue weighted by atomic mass is 35.5. The third-order valence-electron chi connectivity index (χ3n) is 1.96. The number of carbonyl (C=O) groups is 1. The van der Waals surface area contributed by atoms with Gasteiger partial charge >= 0.3 is 12.1 Å². The highest BCUT2D eigenvalue weighted by Crippen LogP contribution is 2.30. The second-order valence-electron chi connectivity index (χ2n) is 3.29. The molecule has 100 valence electrons. The SMILES string of the molecule is O=C(O)c1cccc(Cl)c1OCC(O)C(F)(F)F. The Hall–Kier alpha value is -1.47. The fraction of sp³-hybridized carbons (Fsp3) is 0.300. The van der Waals surface area contributed by atoms with Crippen LogP contribution in [0.2, 0.25) is 5.02 Å². The fourth-order valence-electron chi connectivity index (χ4n) is 1.08. The molecule has 18 heavy (non-hydrogen) atoms. The van der Waals surface area contributed by atoms with E-state index in [-0.39, 0.29) is 10.6 Å². The first kappa shape index (κ1) is 14.6. The number of alkyl halides is 3. The van der Waals surface area contributed by atoms with Crippen LogP contribution in [0.3, 0.4) is 0 Å². The Balaban J connectivity index is 2.88. The van der Waals surface area contributed by atoms with E-state index < -0.39 is 30.6 Å². The molecule has 2 N–H and O–H groups in total. The van der Waals surface area contributed by atoms with Gasteiger partial charge in [-0.2, -0.15) is 13.2 Å². The predicted octanol–water partition coefficient (Wildman–Crippen LogP) is 2.34. The topological polar surface area (TPSA) is 66.8 Å². The number of hydrogen-bond donors (Lipinski definition) is 2. The van der Waals surface area contributed by atoms with Gasteiger partial charge in [-0.1, -0.05) is 17.7 Å². The minimum absolute atomic E-state index is 0.149. The number of carboxylic acid groups (broad SMARTS) is 1. The maximum atomic E-state index is 12.0. The molecule has 4 nitrogen and oxygen atoms in total. The Morgan fingerprint density at radius 1 is 1.44 bits per heavy atom. The average Bonchev–Trinajstić information content (AvgIpc) is 2.25. The highest BCUT2D eigenvalue weighted by molar-refractivity contribution is 6.32. The summed E-state index contributed by atoms with van der Waals surface area (Å²) in [6.07, 6.45) is -7.56. The molecule has 0 aliphatic heterocycles. The van der Waals surface area contributed by atoms with Crippen molar-refractivity contribution in [2.45, 2.75) is 12.3 Å². The summed E-state index contributed by atoms with van der Waals surface area (Å²) in [6.45, 7) is -1.13. The second-order valence-corrected chi connectivity index (χ2v) is 3.70. The van der Waals surface area contributed by atoms with Gasteiger partial charge in [0.05, 0.1) is 5.02 Å². The predicted molar refractivity (Wildman–Crippen MR) is 56.0 cm³/mol. The van der Waals surface area contributed by atoms with Gasteiger partial charge in [0.15, 0.2) is 11.9 Å². The summed E-state index contributed by atoms with van der Waals surface area (Å²) in [6, 6.07) is 3.71. The van der Waals surface area contributed by atoms with Crippen LogP contribution >= 0.6 is 11.6 Å². The zero-order valence-electron chi connectivity index (χ0n) is 8.74. The summed E-state index contributed by atoms with van der Waals surface area (Å²) >= 11 is 5.62. The van der Waals surface area contributed by atoms with Crippen molar-refractivity contribution in [1.82, 2.24) is 0 Å². The third-order valence-corrected chi connectivity index (χ3v) is 2.26. The lowest BCUT2D eigenvalue weighted by atomic mass is 10.2. The number of rotatable bonds is 4. The minimum Gasteiger partial charge on any atom is -0.488 e. The van der Waals surface area contributed by atoms with E-state index in [4.69, 9.17) is 21.8 Å². The summed E-state index contributed by atoms with van der Waals surface area (Å²) in [7, 11) is 0. The van der Waals surface area contributed by atoms with Crippen molar-refractivity contribution in [1.29, 1.82) is 0 Å². The molecular formula is C10H8ClF3O4. The summed E-state index contributed by atoms with van der Waals surface area (Å²) in [5, 5.41) is 17.4. The van der Waals surface area contributed by atoms with E-state index in [1.807, 2.05) is 0 Å². The lowest BCUT2D eigenvalue weighted by Gasteiger charge is -2.16. The number of carboxylic acids is 1. The number of benzene rings is 1. The molecule has 0 bridgehead atoms. The minimum atomic E-state index is -4.84. The van der Waals surface area contributed by atoms with Gasteiger partial charge in [0.2, 0.25) is 0 Å². The van der Waals surface area contributed by atoms with Gasteiger partial charge in [0, 0.05) is 0 Å². The van der Waals surface area contributed by atoms with Crippen molar-refractivity contribution in [2.24, 2.45) is 0 Å². The van der Waals surface area contributed by atoms with Gasteiger partial charge in [-0.15, -0.1) is 0 Å². The van der Waals surface area contributed by atoms with E-state index in [9.17, 15) is 18.0 Å². The second kappa shape index (κ2) is 5.45. The first-order valence-electron chi connectivity index (χ1n) is 4.63. The van der Waals surface area contributed by atoms with E-state index >= 15 is 0 Å². The maximum Gasteiger partial charge on any atom is 0.417 e. The van der Waals surface area contributed by atoms with E-state index in [0.717, 1.165) is 6.07 Å². The van der Waals surface area contributed by atoms with Crippen molar-refractivity contribution < 1.29 is 32.9 Å². The Morgan fingerprint density at radius 3 is 2.56 bits per heavy atom. The molecule has 0 fully saturated rings. The van der Waals surface area contributed by atoms with Gasteiger partial charge < -0.3 is 14.9 Å². The number of hydrogen-bond acceptors (Lipinski definition) is 3. The van der Waals surface area contributed by atoms with Crippen LogP contribution in [-0.2, 0) is 0 Å². The standard InChI is InChI=1S/C10H8ClF3O4/c11-6-3-1-2-5(9(16)17)8(6)18-4-7(15)10(12,13)14/h1-3,7,15H,4H2,(H,16,17). The maximum absolute atomic E-state index is 12.0. The van der Waals surface area contributed by atoms with Gasteiger partial charge in [0.25, 0.3) is 0 Å². The number of aliphatic hydroxyl groups is 1. The first-order chi connectivity index (χ1) is 8.23. The Morgan fingerprint density at radius 2 is 2.06 bits per heavy atom. The highest BCUT2D eigenvalue weighted by Gasteiger charge is 2.39. The van der Waals surface area contributed by atoms with E-state index in [1.165, 1.54) is 12.1 Å². The van der Waals surface area contributed by atoms with Crippen molar-refractivity contribution >= 4 is 17.6 Å². The van der Waals surface area contributed by atoms with Crippen molar-refractivity contribution in [2.75, 3.05) is 6.61 Å². The lowest BCUT2D eigenvalue weighted by molar-refractivity contribution is -0.210. The van der Waals surface area contributed by atoms with Crippen LogP contribution in [0.4, 0.5) is 13.2 Å². The molecule has 0 aliphatic carbocycles. The van der Waals surface area contributed by atoms with Gasteiger partial charge in [-0.05, 0) is 12.1 Å². The van der Waals surface area contributed by atoms with Crippen LogP contribution in [0.5, 0.6) is 5.75 Å². The Labute approximate surface area is 105 Å². The van der Waals surface area contributed by atoms with E-state index in [1.54, 1.807) is 0 Å². The number of aromatic carboxylic acids is 1. The van der Waals surface area contributed by atoms with Crippen LogP contribution in [-0.4, -0.2) is 35.1 Å². The largest absolute Gasteiger partial charge is 0.488 e. The Bertz CT molecular complexity index is 447. The number of ether oxygens (including phenoxy) is 1. The summed E-state index contributed by atoms with van der Waals surface area (Å²) in [5.41, 5.74) is -0.378. The van der Waals surface area contributed by atoms with Crippen LogP contribution in [0.1, 0.15) is 10.4 Å². The molecule has 0 saturated carbocycles. The van der Waals surface area contributed by atoms with Gasteiger partial charge in [-0.3, -0.25) is 0 Å². The molecule has 1 atom stereocenters. The van der Waals surface area contributed by atoms with E-state index in [0.29, 0.717) is 0 Å². The molecule has 0 aliphatic rings. The number of para-hydroxylation sites is 1.